The molecule has 7 nitrogen and oxygen atoms in total. The van der Waals surface area contributed by atoms with Gasteiger partial charge in [-0.3, -0.25) is 9.59 Å². The molecule has 2 rings (SSSR count). The molecular formula is C20H23N3O4. The van der Waals surface area contributed by atoms with E-state index in [0.717, 1.165) is 12.0 Å². The van der Waals surface area contributed by atoms with Gasteiger partial charge in [0.2, 0.25) is 0 Å². The monoisotopic (exact) mass is 369 g/mol. The van der Waals surface area contributed by atoms with Crippen LogP contribution in [0.4, 0.5) is 5.69 Å². The Balaban J connectivity index is 1.98. The minimum atomic E-state index is -0.851. The van der Waals surface area contributed by atoms with E-state index in [9.17, 15) is 9.59 Å². The first-order valence-corrected chi connectivity index (χ1v) is 8.62. The van der Waals surface area contributed by atoms with Crippen LogP contribution in [0.2, 0.25) is 0 Å². The van der Waals surface area contributed by atoms with Crippen molar-refractivity contribution in [2.24, 2.45) is 5.10 Å². The van der Waals surface area contributed by atoms with Crippen molar-refractivity contribution in [1.82, 2.24) is 5.43 Å². The summed E-state index contributed by atoms with van der Waals surface area (Å²) in [5, 5.41) is 6.41. The molecule has 0 aliphatic rings. The van der Waals surface area contributed by atoms with Crippen molar-refractivity contribution in [2.45, 2.75) is 20.3 Å². The van der Waals surface area contributed by atoms with Crippen LogP contribution < -0.4 is 20.2 Å². The van der Waals surface area contributed by atoms with Crippen LogP contribution in [0.3, 0.4) is 0 Å². The van der Waals surface area contributed by atoms with Gasteiger partial charge in [-0.05, 0) is 48.7 Å². The number of hydrogen-bond donors (Lipinski definition) is 2. The zero-order valence-electron chi connectivity index (χ0n) is 15.6. The van der Waals surface area contributed by atoms with Crippen LogP contribution in [0.1, 0.15) is 25.0 Å². The normalized spacial score (nSPS) is 10.5. The second-order valence-corrected chi connectivity index (χ2v) is 5.51. The molecule has 0 saturated carbocycles. The van der Waals surface area contributed by atoms with Gasteiger partial charge >= 0.3 is 11.8 Å². The molecule has 0 fully saturated rings. The van der Waals surface area contributed by atoms with Crippen molar-refractivity contribution in [3.8, 4) is 11.5 Å². The van der Waals surface area contributed by atoms with Crippen LogP contribution in [-0.4, -0.2) is 31.7 Å². The lowest BCUT2D eigenvalue weighted by molar-refractivity contribution is -0.136. The maximum absolute atomic E-state index is 12.0. The number of benzene rings is 2. The smallest absolute Gasteiger partial charge is 0.329 e. The Bertz CT molecular complexity index is 834. The third-order valence-corrected chi connectivity index (χ3v) is 3.72. The minimum Gasteiger partial charge on any atom is -0.493 e. The van der Waals surface area contributed by atoms with Gasteiger partial charge in [-0.2, -0.15) is 5.10 Å². The van der Waals surface area contributed by atoms with E-state index in [2.05, 4.69) is 15.8 Å². The number of hydrazone groups is 1. The summed E-state index contributed by atoms with van der Waals surface area (Å²) in [6.07, 6.45) is 2.17. The fraction of sp³-hybridized carbons (Fsp3) is 0.250. The van der Waals surface area contributed by atoms with Crippen molar-refractivity contribution in [1.29, 1.82) is 0 Å². The summed E-state index contributed by atoms with van der Waals surface area (Å²) in [5.41, 5.74) is 4.47. The quantitative estimate of drug-likeness (QED) is 0.446. The van der Waals surface area contributed by atoms with E-state index in [1.807, 2.05) is 26.0 Å². The van der Waals surface area contributed by atoms with Gasteiger partial charge in [-0.25, -0.2) is 5.43 Å². The predicted octanol–water partition coefficient (Wildman–Crippen LogP) is 2.75. The number of rotatable bonds is 7. The second-order valence-electron chi connectivity index (χ2n) is 5.51. The van der Waals surface area contributed by atoms with Gasteiger partial charge in [0.05, 0.1) is 19.9 Å². The molecule has 0 aliphatic heterocycles. The molecule has 0 spiro atoms. The lowest BCUT2D eigenvalue weighted by atomic mass is 10.1. The Hall–Kier alpha value is -3.35. The molecule has 0 heterocycles. The lowest BCUT2D eigenvalue weighted by Crippen LogP contribution is -2.32. The fourth-order valence-corrected chi connectivity index (χ4v) is 2.39. The van der Waals surface area contributed by atoms with Gasteiger partial charge in [-0.15, -0.1) is 0 Å². The van der Waals surface area contributed by atoms with E-state index in [-0.39, 0.29) is 0 Å². The molecule has 0 unspecified atom stereocenters. The Kier molecular flexibility index (Phi) is 7.37. The van der Waals surface area contributed by atoms with Crippen LogP contribution in [0.5, 0.6) is 11.5 Å². The molecule has 142 valence electrons. The molecule has 27 heavy (non-hydrogen) atoms. The standard InChI is InChI=1S/C20H23N3O4/c1-4-15-8-6-7-9-16(15)22-19(24)20(25)23-21-13-14-10-11-17(26-3)18(12-14)27-5-2/h6-13H,4-5H2,1-3H3,(H,22,24)(H,23,25)/b21-13-. The highest BCUT2D eigenvalue weighted by Gasteiger charge is 2.14. The number of hydrogen-bond acceptors (Lipinski definition) is 5. The molecule has 0 radical (unpaired) electrons. The van der Waals surface area contributed by atoms with Crippen LogP contribution >= 0.6 is 0 Å². The van der Waals surface area contributed by atoms with Gasteiger partial charge in [0.25, 0.3) is 0 Å². The van der Waals surface area contributed by atoms with E-state index in [4.69, 9.17) is 9.47 Å². The Labute approximate surface area is 158 Å². The summed E-state index contributed by atoms with van der Waals surface area (Å²) in [4.78, 5) is 23.9. The zero-order chi connectivity index (χ0) is 19.6. The molecule has 0 saturated heterocycles. The molecule has 0 bridgehead atoms. The molecule has 2 aromatic carbocycles. The highest BCUT2D eigenvalue weighted by Crippen LogP contribution is 2.27. The number of carbonyl (C=O) groups is 2. The maximum Gasteiger partial charge on any atom is 0.329 e. The van der Waals surface area contributed by atoms with Crippen LogP contribution in [0, 0.1) is 0 Å². The third-order valence-electron chi connectivity index (χ3n) is 3.72. The van der Waals surface area contributed by atoms with Crippen LogP contribution in [0.25, 0.3) is 0 Å². The van der Waals surface area contributed by atoms with Gasteiger partial charge in [0.1, 0.15) is 0 Å². The average Bonchev–Trinajstić information content (AvgIpc) is 2.68. The summed E-state index contributed by atoms with van der Waals surface area (Å²) >= 11 is 0. The van der Waals surface area contributed by atoms with Gasteiger partial charge in [0.15, 0.2) is 11.5 Å². The highest BCUT2D eigenvalue weighted by atomic mass is 16.5. The highest BCUT2D eigenvalue weighted by molar-refractivity contribution is 6.39. The summed E-state index contributed by atoms with van der Waals surface area (Å²) < 4.78 is 10.7. The van der Waals surface area contributed by atoms with E-state index >= 15 is 0 Å². The number of nitrogens with one attached hydrogen (secondary N) is 2. The Morgan fingerprint density at radius 2 is 1.85 bits per heavy atom. The molecule has 2 amide bonds. The number of carbonyl (C=O) groups excluding carboxylic acids is 2. The third kappa shape index (κ3) is 5.57. The molecule has 2 aromatic rings. The van der Waals surface area contributed by atoms with E-state index < -0.39 is 11.8 Å². The van der Waals surface area contributed by atoms with Gasteiger partial charge in [0, 0.05) is 5.69 Å². The largest absolute Gasteiger partial charge is 0.493 e. The number of methoxy groups -OCH3 is 1. The molecule has 0 atom stereocenters. The molecule has 2 N–H and O–H groups in total. The van der Waals surface area contributed by atoms with Crippen molar-refractivity contribution in [3.63, 3.8) is 0 Å². The first-order valence-electron chi connectivity index (χ1n) is 8.62. The number of ether oxygens (including phenoxy) is 2. The first kappa shape index (κ1) is 20.0. The average molecular weight is 369 g/mol. The first-order chi connectivity index (χ1) is 13.1. The topological polar surface area (TPSA) is 89.0 Å². The Morgan fingerprint density at radius 1 is 1.07 bits per heavy atom. The maximum atomic E-state index is 12.0. The van der Waals surface area contributed by atoms with Crippen LogP contribution in [-0.2, 0) is 16.0 Å². The number of nitrogens with zero attached hydrogens (tertiary/aromatic N) is 1. The van der Waals surface area contributed by atoms with E-state index in [0.29, 0.717) is 29.4 Å². The SMILES string of the molecule is CCOc1cc(/C=N\NC(=O)C(=O)Nc2ccccc2CC)ccc1OC. The van der Waals surface area contributed by atoms with E-state index in [1.165, 1.54) is 6.21 Å². The van der Waals surface area contributed by atoms with Gasteiger partial charge < -0.3 is 14.8 Å². The van der Waals surface area contributed by atoms with Crippen LogP contribution in [0.15, 0.2) is 47.6 Å². The second kappa shape index (κ2) is 9.96. The van der Waals surface area contributed by atoms with Crippen molar-refractivity contribution in [2.75, 3.05) is 19.0 Å². The molecule has 7 heteroatoms. The zero-order valence-corrected chi connectivity index (χ0v) is 15.6. The van der Waals surface area contributed by atoms with Crippen molar-refractivity contribution in [3.05, 3.63) is 53.6 Å². The van der Waals surface area contributed by atoms with Crippen molar-refractivity contribution >= 4 is 23.7 Å². The fourth-order valence-electron chi connectivity index (χ4n) is 2.39. The predicted molar refractivity (Wildman–Crippen MR) is 104 cm³/mol. The summed E-state index contributed by atoms with van der Waals surface area (Å²) in [6.45, 7) is 4.34. The number of para-hydroxylation sites is 1. The number of aryl methyl sites for hydroxylation is 1. The van der Waals surface area contributed by atoms with Gasteiger partial charge in [-0.1, -0.05) is 25.1 Å². The number of anilines is 1. The summed E-state index contributed by atoms with van der Waals surface area (Å²) in [5.74, 6) is -0.454. The minimum absolute atomic E-state index is 0.493. The van der Waals surface area contributed by atoms with E-state index in [1.54, 1.807) is 37.4 Å². The Morgan fingerprint density at radius 3 is 2.56 bits per heavy atom. The summed E-state index contributed by atoms with van der Waals surface area (Å²) in [6, 6.07) is 12.5. The lowest BCUT2D eigenvalue weighted by Gasteiger charge is -2.09. The van der Waals surface area contributed by atoms with Crippen molar-refractivity contribution < 1.29 is 19.1 Å². The molecular weight excluding hydrogens is 346 g/mol. The number of amides is 2. The molecule has 0 aromatic heterocycles. The molecule has 0 aliphatic carbocycles. The summed E-state index contributed by atoms with van der Waals surface area (Å²) in [7, 11) is 1.56.